The van der Waals surface area contributed by atoms with Gasteiger partial charge in [-0.25, -0.2) is 4.98 Å². The van der Waals surface area contributed by atoms with Crippen molar-refractivity contribution in [2.45, 2.75) is 13.5 Å². The molecule has 0 aliphatic carbocycles. The van der Waals surface area contributed by atoms with Gasteiger partial charge in [-0.2, -0.15) is 5.10 Å². The van der Waals surface area contributed by atoms with Crippen molar-refractivity contribution in [1.29, 1.82) is 0 Å². The maximum Gasteiger partial charge on any atom is 0.281 e. The fraction of sp³-hybridized carbons (Fsp3) is 0.125. The molecule has 0 atom stereocenters. The molecule has 0 saturated carbocycles. The van der Waals surface area contributed by atoms with Crippen LogP contribution in [0.3, 0.4) is 0 Å². The minimum absolute atomic E-state index is 0.133. The van der Waals surface area contributed by atoms with E-state index in [-0.39, 0.29) is 11.1 Å². The number of pyridine rings is 1. The van der Waals surface area contributed by atoms with E-state index in [1.165, 1.54) is 0 Å². The molecule has 6 heteroatoms. The number of rotatable bonds is 3. The van der Waals surface area contributed by atoms with Gasteiger partial charge in [-0.15, -0.1) is 0 Å². The van der Waals surface area contributed by atoms with Crippen LogP contribution >= 0.6 is 0 Å². The third-order valence-corrected chi connectivity index (χ3v) is 3.28. The van der Waals surface area contributed by atoms with Gasteiger partial charge in [-0.1, -0.05) is 18.2 Å². The van der Waals surface area contributed by atoms with Crippen molar-refractivity contribution < 1.29 is 4.79 Å². The van der Waals surface area contributed by atoms with E-state index >= 15 is 0 Å². The molecular formula is C16H14N4O2. The molecule has 3 aromatic rings. The summed E-state index contributed by atoms with van der Waals surface area (Å²) < 4.78 is 1.64. The lowest BCUT2D eigenvalue weighted by Gasteiger charge is -2.10. The summed E-state index contributed by atoms with van der Waals surface area (Å²) in [5.74, 6) is -0.179. The van der Waals surface area contributed by atoms with E-state index in [0.29, 0.717) is 23.3 Å². The van der Waals surface area contributed by atoms with Crippen LogP contribution in [0.25, 0.3) is 10.9 Å². The number of carbonyl (C=O) groups is 1. The summed E-state index contributed by atoms with van der Waals surface area (Å²) in [7, 11) is 0. The van der Waals surface area contributed by atoms with Crippen molar-refractivity contribution in [2.75, 3.05) is 5.32 Å². The van der Waals surface area contributed by atoms with Crippen LogP contribution in [0.1, 0.15) is 17.4 Å². The zero-order valence-electron chi connectivity index (χ0n) is 12.0. The highest BCUT2D eigenvalue weighted by molar-refractivity contribution is 6.03. The molecule has 1 amide bonds. The van der Waals surface area contributed by atoms with Gasteiger partial charge in [0.1, 0.15) is 5.82 Å². The number of hydrogen-bond donors (Lipinski definition) is 1. The lowest BCUT2D eigenvalue weighted by atomic mass is 10.2. The summed E-state index contributed by atoms with van der Waals surface area (Å²) in [4.78, 5) is 28.8. The molecule has 22 heavy (non-hydrogen) atoms. The van der Waals surface area contributed by atoms with E-state index in [4.69, 9.17) is 0 Å². The SMILES string of the molecule is CCn1nc(C(=O)Nc2ccccn2)c(=O)c2ccccc21. The van der Waals surface area contributed by atoms with Gasteiger partial charge in [0.2, 0.25) is 5.43 Å². The maximum absolute atomic E-state index is 12.5. The number of para-hydroxylation sites is 1. The van der Waals surface area contributed by atoms with E-state index < -0.39 is 5.91 Å². The second-order valence-electron chi connectivity index (χ2n) is 4.68. The van der Waals surface area contributed by atoms with Crippen LogP contribution in [0, 0.1) is 0 Å². The van der Waals surface area contributed by atoms with Crippen molar-refractivity contribution in [2.24, 2.45) is 0 Å². The van der Waals surface area contributed by atoms with Gasteiger partial charge in [0.25, 0.3) is 5.91 Å². The number of nitrogens with one attached hydrogen (secondary N) is 1. The van der Waals surface area contributed by atoms with Crippen molar-refractivity contribution in [3.63, 3.8) is 0 Å². The Morgan fingerprint density at radius 3 is 2.68 bits per heavy atom. The normalized spacial score (nSPS) is 10.6. The Morgan fingerprint density at radius 2 is 1.95 bits per heavy atom. The molecule has 1 aromatic carbocycles. The monoisotopic (exact) mass is 294 g/mol. The topological polar surface area (TPSA) is 76.9 Å². The Bertz CT molecular complexity index is 888. The summed E-state index contributed by atoms with van der Waals surface area (Å²) in [6, 6.07) is 12.3. The fourth-order valence-corrected chi connectivity index (χ4v) is 2.24. The highest BCUT2D eigenvalue weighted by Crippen LogP contribution is 2.10. The third-order valence-electron chi connectivity index (χ3n) is 3.28. The molecule has 2 aromatic heterocycles. The summed E-state index contributed by atoms with van der Waals surface area (Å²) in [6.45, 7) is 2.47. The minimum atomic E-state index is -0.559. The number of carbonyl (C=O) groups excluding carboxylic acids is 1. The third kappa shape index (κ3) is 2.46. The maximum atomic E-state index is 12.5. The van der Waals surface area contributed by atoms with Gasteiger partial charge >= 0.3 is 0 Å². The van der Waals surface area contributed by atoms with Crippen molar-refractivity contribution >= 4 is 22.6 Å². The Balaban J connectivity index is 2.09. The fourth-order valence-electron chi connectivity index (χ4n) is 2.24. The van der Waals surface area contributed by atoms with Crippen LogP contribution in [-0.2, 0) is 6.54 Å². The molecule has 6 nitrogen and oxygen atoms in total. The largest absolute Gasteiger partial charge is 0.305 e. The number of amides is 1. The van der Waals surface area contributed by atoms with Gasteiger partial charge < -0.3 is 5.32 Å². The summed E-state index contributed by atoms with van der Waals surface area (Å²) in [6.07, 6.45) is 1.56. The summed E-state index contributed by atoms with van der Waals surface area (Å²) in [5.41, 5.74) is 0.198. The average Bonchev–Trinajstić information content (AvgIpc) is 2.56. The van der Waals surface area contributed by atoms with Gasteiger partial charge in [-0.3, -0.25) is 14.3 Å². The Morgan fingerprint density at radius 1 is 1.18 bits per heavy atom. The van der Waals surface area contributed by atoms with Crippen molar-refractivity contribution in [3.05, 3.63) is 64.6 Å². The predicted octanol–water partition coefficient (Wildman–Crippen LogP) is 2.06. The van der Waals surface area contributed by atoms with Gasteiger partial charge in [-0.05, 0) is 31.2 Å². The zero-order chi connectivity index (χ0) is 15.5. The number of anilines is 1. The molecule has 0 aliphatic rings. The minimum Gasteiger partial charge on any atom is -0.305 e. The standard InChI is InChI=1S/C16H14N4O2/c1-2-20-12-8-4-3-7-11(12)15(21)14(19-20)16(22)18-13-9-5-6-10-17-13/h3-10H,2H2,1H3,(H,17,18,22). The quantitative estimate of drug-likeness (QED) is 0.802. The van der Waals surface area contributed by atoms with E-state index in [9.17, 15) is 9.59 Å². The van der Waals surface area contributed by atoms with Crippen LogP contribution in [-0.4, -0.2) is 20.7 Å². The van der Waals surface area contributed by atoms with Crippen LogP contribution in [0.2, 0.25) is 0 Å². The summed E-state index contributed by atoms with van der Waals surface area (Å²) in [5, 5.41) is 7.25. The molecule has 2 heterocycles. The van der Waals surface area contributed by atoms with E-state index in [2.05, 4.69) is 15.4 Å². The Hall–Kier alpha value is -3.02. The Kier molecular flexibility index (Phi) is 3.65. The highest BCUT2D eigenvalue weighted by atomic mass is 16.2. The molecule has 3 rings (SSSR count). The number of benzene rings is 1. The molecule has 0 unspecified atom stereocenters. The molecule has 0 fully saturated rings. The van der Waals surface area contributed by atoms with Gasteiger partial charge in [0.15, 0.2) is 5.69 Å². The average molecular weight is 294 g/mol. The van der Waals surface area contributed by atoms with Gasteiger partial charge in [0, 0.05) is 18.1 Å². The predicted molar refractivity (Wildman–Crippen MR) is 83.9 cm³/mol. The highest BCUT2D eigenvalue weighted by Gasteiger charge is 2.17. The van der Waals surface area contributed by atoms with Crippen LogP contribution in [0.15, 0.2) is 53.5 Å². The molecule has 0 aliphatic heterocycles. The lowest BCUT2D eigenvalue weighted by molar-refractivity contribution is 0.101. The first kappa shape index (κ1) is 13.9. The van der Waals surface area contributed by atoms with Crippen LogP contribution in [0.4, 0.5) is 5.82 Å². The van der Waals surface area contributed by atoms with Crippen LogP contribution < -0.4 is 10.7 Å². The number of nitrogens with zero attached hydrogens (tertiary/aromatic N) is 3. The second-order valence-corrected chi connectivity index (χ2v) is 4.68. The number of aryl methyl sites for hydroxylation is 1. The van der Waals surface area contributed by atoms with E-state index in [1.807, 2.05) is 19.1 Å². The first-order chi connectivity index (χ1) is 10.7. The number of aromatic nitrogens is 3. The zero-order valence-corrected chi connectivity index (χ0v) is 12.0. The lowest BCUT2D eigenvalue weighted by Crippen LogP contribution is -2.27. The Labute approximate surface area is 126 Å². The number of hydrogen-bond acceptors (Lipinski definition) is 4. The summed E-state index contributed by atoms with van der Waals surface area (Å²) >= 11 is 0. The molecule has 0 spiro atoms. The molecule has 110 valence electrons. The van der Waals surface area contributed by atoms with Crippen molar-refractivity contribution in [1.82, 2.24) is 14.8 Å². The molecule has 0 saturated heterocycles. The molecule has 1 N–H and O–H groups in total. The second kappa shape index (κ2) is 5.77. The van der Waals surface area contributed by atoms with Crippen LogP contribution in [0.5, 0.6) is 0 Å². The van der Waals surface area contributed by atoms with E-state index in [0.717, 1.165) is 0 Å². The molecule has 0 bridgehead atoms. The smallest absolute Gasteiger partial charge is 0.281 e. The first-order valence-corrected chi connectivity index (χ1v) is 6.93. The molecular weight excluding hydrogens is 280 g/mol. The first-order valence-electron chi connectivity index (χ1n) is 6.93. The van der Waals surface area contributed by atoms with E-state index in [1.54, 1.807) is 41.2 Å². The van der Waals surface area contributed by atoms with Crippen molar-refractivity contribution in [3.8, 4) is 0 Å². The van der Waals surface area contributed by atoms with Gasteiger partial charge in [0.05, 0.1) is 5.52 Å². The molecule has 0 radical (unpaired) electrons. The number of fused-ring (bicyclic) bond motifs is 1.